The molecule has 20 heavy (non-hydrogen) atoms. The first kappa shape index (κ1) is 14.5. The predicted molar refractivity (Wildman–Crippen MR) is 76.0 cm³/mol. The number of rotatable bonds is 4. The van der Waals surface area contributed by atoms with E-state index in [0.717, 1.165) is 23.3 Å². The van der Waals surface area contributed by atoms with Crippen molar-refractivity contribution in [2.24, 2.45) is 0 Å². The lowest BCUT2D eigenvalue weighted by atomic mass is 10.1. The Morgan fingerprint density at radius 2 is 1.90 bits per heavy atom. The van der Waals surface area contributed by atoms with Gasteiger partial charge in [0.05, 0.1) is 0 Å². The van der Waals surface area contributed by atoms with Crippen molar-refractivity contribution in [1.82, 2.24) is 4.72 Å². The molecule has 0 saturated carbocycles. The number of benzene rings is 2. The van der Waals surface area contributed by atoms with E-state index in [1.54, 1.807) is 0 Å². The van der Waals surface area contributed by atoms with Crippen LogP contribution in [0.1, 0.15) is 11.1 Å². The highest BCUT2D eigenvalue weighted by Crippen LogP contribution is 2.18. The monoisotopic (exact) mass is 294 g/mol. The fourth-order valence-electron chi connectivity index (χ4n) is 1.78. The molecule has 2 aromatic carbocycles. The number of hydrogen-bond acceptors (Lipinski definition) is 3. The Labute approximate surface area is 117 Å². The van der Waals surface area contributed by atoms with Crippen molar-refractivity contribution in [1.29, 1.82) is 0 Å². The topological polar surface area (TPSA) is 72.2 Å². The van der Waals surface area contributed by atoms with Crippen LogP contribution in [0.25, 0.3) is 0 Å². The smallest absolute Gasteiger partial charge is 0.243 e. The summed E-state index contributed by atoms with van der Waals surface area (Å²) in [5, 5.41) is 0. The Morgan fingerprint density at radius 3 is 2.60 bits per heavy atom. The van der Waals surface area contributed by atoms with Crippen LogP contribution in [0.2, 0.25) is 0 Å². The van der Waals surface area contributed by atoms with Crippen molar-refractivity contribution in [3.05, 3.63) is 59.4 Å². The molecule has 0 heterocycles. The number of sulfonamides is 1. The summed E-state index contributed by atoms with van der Waals surface area (Å²) in [7, 11) is -3.93. The Morgan fingerprint density at radius 1 is 1.20 bits per heavy atom. The molecule has 3 N–H and O–H groups in total. The van der Waals surface area contributed by atoms with Gasteiger partial charge in [-0.2, -0.15) is 0 Å². The highest BCUT2D eigenvalue weighted by atomic mass is 32.2. The van der Waals surface area contributed by atoms with Crippen LogP contribution in [0.5, 0.6) is 0 Å². The maximum Gasteiger partial charge on any atom is 0.243 e. The molecule has 0 spiro atoms. The average Bonchev–Trinajstić information content (AvgIpc) is 2.40. The summed E-state index contributed by atoms with van der Waals surface area (Å²) < 4.78 is 40.1. The van der Waals surface area contributed by atoms with Crippen molar-refractivity contribution < 1.29 is 12.8 Å². The number of nitrogen functional groups attached to an aromatic ring is 1. The third-order valence-corrected chi connectivity index (χ3v) is 4.37. The zero-order valence-corrected chi connectivity index (χ0v) is 11.7. The van der Waals surface area contributed by atoms with Gasteiger partial charge >= 0.3 is 0 Å². The number of nitrogens with two attached hydrogens (primary N) is 1. The minimum atomic E-state index is -3.93. The van der Waals surface area contributed by atoms with Crippen LogP contribution in [-0.2, 0) is 16.6 Å². The standard InChI is InChI=1S/C14H15FN2O2S/c1-10-4-2-3-5-11(10)9-17-20(18,19)14-8-12(16)6-7-13(14)15/h2-8,17H,9,16H2,1H3. The summed E-state index contributed by atoms with van der Waals surface area (Å²) in [5.74, 6) is -0.823. The molecule has 0 bridgehead atoms. The molecule has 0 aliphatic rings. The summed E-state index contributed by atoms with van der Waals surface area (Å²) in [6.45, 7) is 1.98. The number of aryl methyl sites for hydroxylation is 1. The van der Waals surface area contributed by atoms with Gasteiger partial charge in [-0.1, -0.05) is 24.3 Å². The summed E-state index contributed by atoms with van der Waals surface area (Å²) >= 11 is 0. The summed E-state index contributed by atoms with van der Waals surface area (Å²) in [6.07, 6.45) is 0. The lowest BCUT2D eigenvalue weighted by Gasteiger charge is -2.10. The van der Waals surface area contributed by atoms with E-state index in [-0.39, 0.29) is 12.2 Å². The normalized spacial score (nSPS) is 11.5. The van der Waals surface area contributed by atoms with Crippen molar-refractivity contribution in [2.45, 2.75) is 18.4 Å². The molecular formula is C14H15FN2O2S. The first-order chi connectivity index (χ1) is 9.40. The van der Waals surface area contributed by atoms with Gasteiger partial charge in [0.1, 0.15) is 10.7 Å². The number of anilines is 1. The highest BCUT2D eigenvalue weighted by Gasteiger charge is 2.19. The van der Waals surface area contributed by atoms with E-state index in [0.29, 0.717) is 0 Å². The maximum atomic E-state index is 13.6. The Balaban J connectivity index is 2.24. The van der Waals surface area contributed by atoms with Gasteiger partial charge < -0.3 is 5.73 Å². The van der Waals surface area contributed by atoms with Gasteiger partial charge in [0.25, 0.3) is 0 Å². The van der Waals surface area contributed by atoms with E-state index in [9.17, 15) is 12.8 Å². The lowest BCUT2D eigenvalue weighted by Crippen LogP contribution is -2.24. The van der Waals surface area contributed by atoms with Crippen LogP contribution >= 0.6 is 0 Å². The molecule has 0 aliphatic carbocycles. The second kappa shape index (κ2) is 5.60. The largest absolute Gasteiger partial charge is 0.399 e. The first-order valence-electron chi connectivity index (χ1n) is 5.99. The predicted octanol–water partition coefficient (Wildman–Crippen LogP) is 2.19. The van der Waals surface area contributed by atoms with Crippen LogP contribution in [0.15, 0.2) is 47.4 Å². The fourth-order valence-corrected chi connectivity index (χ4v) is 2.90. The van der Waals surface area contributed by atoms with Crippen molar-refractivity contribution in [2.75, 3.05) is 5.73 Å². The molecule has 0 atom stereocenters. The van der Waals surface area contributed by atoms with E-state index in [4.69, 9.17) is 5.73 Å². The highest BCUT2D eigenvalue weighted by molar-refractivity contribution is 7.89. The Bertz CT molecular complexity index is 730. The summed E-state index contributed by atoms with van der Waals surface area (Å²) in [6, 6.07) is 10.8. The molecule has 0 radical (unpaired) electrons. The van der Waals surface area contributed by atoms with Gasteiger partial charge in [0.2, 0.25) is 10.0 Å². The molecule has 0 saturated heterocycles. The third kappa shape index (κ3) is 3.15. The van der Waals surface area contributed by atoms with E-state index >= 15 is 0 Å². The third-order valence-electron chi connectivity index (χ3n) is 2.96. The summed E-state index contributed by atoms with van der Waals surface area (Å²) in [5.41, 5.74) is 7.49. The maximum absolute atomic E-state index is 13.6. The second-order valence-electron chi connectivity index (χ2n) is 4.44. The van der Waals surface area contributed by atoms with Gasteiger partial charge in [-0.05, 0) is 36.2 Å². The van der Waals surface area contributed by atoms with E-state index in [1.807, 2.05) is 31.2 Å². The molecule has 0 aliphatic heterocycles. The van der Waals surface area contributed by atoms with Crippen molar-refractivity contribution in [3.8, 4) is 0 Å². The van der Waals surface area contributed by atoms with E-state index in [2.05, 4.69) is 4.72 Å². The zero-order chi connectivity index (χ0) is 14.8. The average molecular weight is 294 g/mol. The van der Waals surface area contributed by atoms with Crippen LogP contribution in [-0.4, -0.2) is 8.42 Å². The Hall–Kier alpha value is -1.92. The number of hydrogen-bond donors (Lipinski definition) is 2. The van der Waals surface area contributed by atoms with Crippen LogP contribution in [0.3, 0.4) is 0 Å². The molecule has 6 heteroatoms. The fraction of sp³-hybridized carbons (Fsp3) is 0.143. The van der Waals surface area contributed by atoms with Gasteiger partial charge in [-0.3, -0.25) is 0 Å². The summed E-state index contributed by atoms with van der Waals surface area (Å²) in [4.78, 5) is -0.439. The quantitative estimate of drug-likeness (QED) is 0.849. The van der Waals surface area contributed by atoms with Gasteiger partial charge in [-0.15, -0.1) is 0 Å². The van der Waals surface area contributed by atoms with Gasteiger partial charge in [0, 0.05) is 12.2 Å². The second-order valence-corrected chi connectivity index (χ2v) is 6.18. The number of halogens is 1. The van der Waals surface area contributed by atoms with Crippen molar-refractivity contribution in [3.63, 3.8) is 0 Å². The van der Waals surface area contributed by atoms with Crippen molar-refractivity contribution >= 4 is 15.7 Å². The molecule has 0 amide bonds. The minimum absolute atomic E-state index is 0.100. The molecule has 2 aromatic rings. The number of nitrogens with one attached hydrogen (secondary N) is 1. The Kier molecular flexibility index (Phi) is 4.06. The van der Waals surface area contributed by atoms with Gasteiger partial charge in [0.15, 0.2) is 0 Å². The molecule has 0 aromatic heterocycles. The molecule has 0 fully saturated rings. The molecule has 0 unspecified atom stereocenters. The van der Waals surface area contributed by atoms with Gasteiger partial charge in [-0.25, -0.2) is 17.5 Å². The minimum Gasteiger partial charge on any atom is -0.399 e. The van der Waals surface area contributed by atoms with E-state index < -0.39 is 20.7 Å². The van der Waals surface area contributed by atoms with Crippen LogP contribution in [0, 0.1) is 12.7 Å². The zero-order valence-electron chi connectivity index (χ0n) is 10.9. The van der Waals surface area contributed by atoms with E-state index in [1.165, 1.54) is 6.07 Å². The molecule has 2 rings (SSSR count). The van der Waals surface area contributed by atoms with Crippen LogP contribution < -0.4 is 10.5 Å². The molecular weight excluding hydrogens is 279 g/mol. The SMILES string of the molecule is Cc1ccccc1CNS(=O)(=O)c1cc(N)ccc1F. The van der Waals surface area contributed by atoms with Crippen LogP contribution in [0.4, 0.5) is 10.1 Å². The lowest BCUT2D eigenvalue weighted by molar-refractivity contribution is 0.557. The first-order valence-corrected chi connectivity index (χ1v) is 7.47. The molecule has 4 nitrogen and oxygen atoms in total. The molecule has 106 valence electrons.